The summed E-state index contributed by atoms with van der Waals surface area (Å²) in [4.78, 5) is 15.4. The molecule has 0 spiro atoms. The lowest BCUT2D eigenvalue weighted by Gasteiger charge is -2.10. The van der Waals surface area contributed by atoms with Gasteiger partial charge in [-0.2, -0.15) is 5.26 Å². The maximum absolute atomic E-state index is 10.7. The van der Waals surface area contributed by atoms with Crippen molar-refractivity contribution in [1.29, 1.82) is 5.26 Å². The first kappa shape index (κ1) is 10.9. The fraction of sp³-hybridized carbons (Fsp3) is 0.583. The highest BCUT2D eigenvalue weighted by Crippen LogP contribution is 2.67. The van der Waals surface area contributed by atoms with Crippen LogP contribution in [0.2, 0.25) is 0 Å². The van der Waals surface area contributed by atoms with Crippen LogP contribution in [0.4, 0.5) is 0 Å². The van der Waals surface area contributed by atoms with Crippen molar-refractivity contribution in [3.63, 3.8) is 0 Å². The molecule has 1 fully saturated rings. The van der Waals surface area contributed by atoms with Gasteiger partial charge in [-0.15, -0.1) is 0 Å². The van der Waals surface area contributed by atoms with E-state index in [1.165, 1.54) is 6.92 Å². The third-order valence-electron chi connectivity index (χ3n) is 3.61. The summed E-state index contributed by atoms with van der Waals surface area (Å²) in [6.45, 7) is 7.40. The lowest BCUT2D eigenvalue weighted by molar-refractivity contribution is -0.140. The number of rotatable bonds is 1. The second-order valence-electron chi connectivity index (χ2n) is 4.99. The Bertz CT molecular complexity index is 466. The average molecular weight is 218 g/mol. The summed E-state index contributed by atoms with van der Waals surface area (Å²) in [7, 11) is 0. The van der Waals surface area contributed by atoms with Gasteiger partial charge in [-0.05, 0) is 17.9 Å². The number of carbonyl (C=O) groups is 1. The van der Waals surface area contributed by atoms with E-state index < -0.39 is 5.97 Å². The summed E-state index contributed by atoms with van der Waals surface area (Å²) >= 11 is 0. The molecule has 0 heterocycles. The van der Waals surface area contributed by atoms with Gasteiger partial charge < -0.3 is 4.84 Å². The van der Waals surface area contributed by atoms with Gasteiger partial charge in [0.05, 0.1) is 11.8 Å². The van der Waals surface area contributed by atoms with E-state index in [1.54, 1.807) is 0 Å². The normalized spacial score (nSPS) is 32.3. The molecule has 0 bridgehead atoms. The summed E-state index contributed by atoms with van der Waals surface area (Å²) in [5, 5.41) is 13.0. The van der Waals surface area contributed by atoms with Gasteiger partial charge in [0.2, 0.25) is 0 Å². The second-order valence-corrected chi connectivity index (χ2v) is 4.99. The largest absolute Gasteiger partial charge is 0.331 e. The summed E-state index contributed by atoms with van der Waals surface area (Å²) in [6.07, 6.45) is 0. The quantitative estimate of drug-likeness (QED) is 0.499. The van der Waals surface area contributed by atoms with Crippen molar-refractivity contribution >= 4 is 11.7 Å². The molecule has 4 heteroatoms. The Labute approximate surface area is 94.6 Å². The van der Waals surface area contributed by atoms with Gasteiger partial charge in [-0.1, -0.05) is 19.0 Å². The molecule has 0 aromatic carbocycles. The molecule has 1 saturated carbocycles. The van der Waals surface area contributed by atoms with Gasteiger partial charge in [0.1, 0.15) is 0 Å². The third-order valence-corrected chi connectivity index (χ3v) is 3.61. The number of fused-ring (bicyclic) bond motifs is 1. The van der Waals surface area contributed by atoms with E-state index in [2.05, 4.69) is 29.9 Å². The Morgan fingerprint density at radius 1 is 1.50 bits per heavy atom. The van der Waals surface area contributed by atoms with E-state index in [0.29, 0.717) is 0 Å². The van der Waals surface area contributed by atoms with Gasteiger partial charge in [-0.25, -0.2) is 4.79 Å². The van der Waals surface area contributed by atoms with Crippen LogP contribution in [0.1, 0.15) is 27.7 Å². The molecule has 0 aliphatic heterocycles. The van der Waals surface area contributed by atoms with Crippen LogP contribution < -0.4 is 0 Å². The Morgan fingerprint density at radius 2 is 2.12 bits per heavy atom. The minimum Gasteiger partial charge on any atom is -0.318 e. The van der Waals surface area contributed by atoms with E-state index in [9.17, 15) is 4.79 Å². The molecule has 2 atom stereocenters. The predicted molar refractivity (Wildman–Crippen MR) is 58.3 cm³/mol. The topological polar surface area (TPSA) is 62.4 Å². The smallest absolute Gasteiger partial charge is 0.318 e. The number of hydrogen-bond acceptors (Lipinski definition) is 4. The van der Waals surface area contributed by atoms with Crippen LogP contribution >= 0.6 is 0 Å². The van der Waals surface area contributed by atoms with Crippen LogP contribution in [0.5, 0.6) is 0 Å². The number of carbonyl (C=O) groups excluding carboxylic acids is 1. The zero-order valence-corrected chi connectivity index (χ0v) is 9.87. The first-order chi connectivity index (χ1) is 7.41. The second kappa shape index (κ2) is 3.18. The summed E-state index contributed by atoms with van der Waals surface area (Å²) < 4.78 is 0. The van der Waals surface area contributed by atoms with Crippen molar-refractivity contribution in [2.24, 2.45) is 22.4 Å². The fourth-order valence-electron chi connectivity index (χ4n) is 2.68. The molecule has 0 aromatic rings. The Hall–Kier alpha value is -1.63. The molecule has 0 aromatic heterocycles. The van der Waals surface area contributed by atoms with Crippen molar-refractivity contribution in [3.05, 3.63) is 11.1 Å². The van der Waals surface area contributed by atoms with E-state index >= 15 is 0 Å². The molecule has 16 heavy (non-hydrogen) atoms. The lowest BCUT2D eigenvalue weighted by atomic mass is 9.95. The van der Waals surface area contributed by atoms with Gasteiger partial charge in [0, 0.05) is 24.3 Å². The van der Waals surface area contributed by atoms with Crippen molar-refractivity contribution < 1.29 is 9.63 Å². The lowest BCUT2D eigenvalue weighted by Crippen LogP contribution is -2.10. The molecule has 0 unspecified atom stereocenters. The van der Waals surface area contributed by atoms with Gasteiger partial charge in [-0.3, -0.25) is 0 Å². The Kier molecular flexibility index (Phi) is 2.16. The molecule has 2 aliphatic rings. The number of nitrogens with zero attached hydrogens (tertiary/aromatic N) is 2. The van der Waals surface area contributed by atoms with Crippen molar-refractivity contribution in [2.45, 2.75) is 27.7 Å². The van der Waals surface area contributed by atoms with Gasteiger partial charge in [0.25, 0.3) is 0 Å². The highest BCUT2D eigenvalue weighted by atomic mass is 16.7. The molecule has 0 amide bonds. The molecular weight excluding hydrogens is 204 g/mol. The minimum atomic E-state index is -0.430. The van der Waals surface area contributed by atoms with Crippen LogP contribution in [0.3, 0.4) is 0 Å². The number of allylic oxidation sites excluding steroid dienone is 2. The van der Waals surface area contributed by atoms with Crippen LogP contribution in [-0.4, -0.2) is 11.7 Å². The van der Waals surface area contributed by atoms with E-state index in [0.717, 1.165) is 16.9 Å². The van der Waals surface area contributed by atoms with Crippen molar-refractivity contribution in [2.75, 3.05) is 0 Å². The summed E-state index contributed by atoms with van der Waals surface area (Å²) in [6, 6.07) is 2.24. The van der Waals surface area contributed by atoms with Crippen LogP contribution in [0, 0.1) is 28.6 Å². The maximum Gasteiger partial charge on any atom is 0.331 e. The standard InChI is InChI=1S/C12H14N2O2/c1-6-8(5-13)9-10(12(9,3)4)11(6)14-16-7(2)15/h9-10H,1-4H3/t9-,10-/m1/s1. The predicted octanol–water partition coefficient (Wildman–Crippen LogP) is 2.03. The molecular formula is C12H14N2O2. The highest BCUT2D eigenvalue weighted by molar-refractivity contribution is 6.09. The minimum absolute atomic E-state index is 0.0730. The first-order valence-corrected chi connectivity index (χ1v) is 5.28. The van der Waals surface area contributed by atoms with Crippen LogP contribution in [-0.2, 0) is 9.63 Å². The van der Waals surface area contributed by atoms with Gasteiger partial charge >= 0.3 is 5.97 Å². The number of oxime groups is 1. The number of hydrogen-bond donors (Lipinski definition) is 0. The Balaban J connectivity index is 2.35. The van der Waals surface area contributed by atoms with Gasteiger partial charge in [0.15, 0.2) is 0 Å². The highest BCUT2D eigenvalue weighted by Gasteiger charge is 2.66. The zero-order chi connectivity index (χ0) is 12.1. The molecule has 84 valence electrons. The molecule has 2 aliphatic carbocycles. The van der Waals surface area contributed by atoms with E-state index in [-0.39, 0.29) is 17.3 Å². The number of nitriles is 1. The molecule has 4 nitrogen and oxygen atoms in total. The average Bonchev–Trinajstić information content (AvgIpc) is 2.61. The molecule has 0 saturated heterocycles. The first-order valence-electron chi connectivity index (χ1n) is 5.28. The fourth-order valence-corrected chi connectivity index (χ4v) is 2.68. The third kappa shape index (κ3) is 1.28. The monoisotopic (exact) mass is 218 g/mol. The van der Waals surface area contributed by atoms with Crippen molar-refractivity contribution in [1.82, 2.24) is 0 Å². The maximum atomic E-state index is 10.7. The van der Waals surface area contributed by atoms with E-state index in [1.807, 2.05) is 6.92 Å². The van der Waals surface area contributed by atoms with Crippen LogP contribution in [0.15, 0.2) is 16.3 Å². The Morgan fingerprint density at radius 3 is 2.56 bits per heavy atom. The summed E-state index contributed by atoms with van der Waals surface area (Å²) in [5.41, 5.74) is 2.50. The van der Waals surface area contributed by atoms with Crippen molar-refractivity contribution in [3.8, 4) is 6.07 Å². The van der Waals surface area contributed by atoms with Crippen LogP contribution in [0.25, 0.3) is 0 Å². The molecule has 0 radical (unpaired) electrons. The molecule has 2 rings (SSSR count). The molecule has 0 N–H and O–H groups in total. The zero-order valence-electron chi connectivity index (χ0n) is 9.87. The summed E-state index contributed by atoms with van der Waals surface area (Å²) in [5.74, 6) is 0.0639. The SMILES string of the molecule is CC(=O)ON=C1C(C)=C(C#N)[C@@H]2[C@H]1C2(C)C. The van der Waals surface area contributed by atoms with E-state index in [4.69, 9.17) is 5.26 Å².